The minimum Gasteiger partial charge on any atom is -0.497 e. The standard InChI is InChI=1S/C26H26N4O4S/c1-33-20-7-4-5-18(15-20)8-9-24(31)29-25-22(16-27)21-10-13-30(17-23(21)35-25)26(32)34-14-11-19-6-2-3-12-28-19/h2-7,12,15H,8-11,13-14,17H2,1H3,(H,29,31). The molecule has 0 aliphatic carbocycles. The molecule has 0 saturated carbocycles. The van der Waals surface area contributed by atoms with Gasteiger partial charge in [0.1, 0.15) is 16.8 Å². The molecule has 0 spiro atoms. The summed E-state index contributed by atoms with van der Waals surface area (Å²) in [5.74, 6) is 0.592. The Hall–Kier alpha value is -3.90. The van der Waals surface area contributed by atoms with Gasteiger partial charge in [-0.25, -0.2) is 4.79 Å². The van der Waals surface area contributed by atoms with E-state index in [2.05, 4.69) is 16.4 Å². The second-order valence-electron chi connectivity index (χ2n) is 8.08. The number of aryl methyl sites for hydroxylation is 1. The molecule has 0 atom stereocenters. The van der Waals surface area contributed by atoms with E-state index in [1.165, 1.54) is 11.3 Å². The number of rotatable bonds is 8. The van der Waals surface area contributed by atoms with Gasteiger partial charge in [-0.1, -0.05) is 18.2 Å². The number of aromatic nitrogens is 1. The van der Waals surface area contributed by atoms with Gasteiger partial charge < -0.3 is 19.7 Å². The van der Waals surface area contributed by atoms with Crippen LogP contribution in [0.3, 0.4) is 0 Å². The number of thiophene rings is 1. The molecule has 0 fully saturated rings. The van der Waals surface area contributed by atoms with Crippen LogP contribution in [0.25, 0.3) is 0 Å². The first-order valence-electron chi connectivity index (χ1n) is 11.4. The van der Waals surface area contributed by atoms with Gasteiger partial charge in [-0.15, -0.1) is 11.3 Å². The molecule has 3 aromatic rings. The Kier molecular flexibility index (Phi) is 7.95. The van der Waals surface area contributed by atoms with Crippen LogP contribution >= 0.6 is 11.3 Å². The summed E-state index contributed by atoms with van der Waals surface area (Å²) in [6, 6.07) is 15.5. The van der Waals surface area contributed by atoms with E-state index in [1.807, 2.05) is 42.5 Å². The number of carbonyl (C=O) groups is 2. The smallest absolute Gasteiger partial charge is 0.410 e. The number of carbonyl (C=O) groups excluding carboxylic acids is 2. The van der Waals surface area contributed by atoms with Crippen molar-refractivity contribution in [3.8, 4) is 11.8 Å². The molecule has 2 amide bonds. The van der Waals surface area contributed by atoms with Gasteiger partial charge in [-0.05, 0) is 48.2 Å². The Morgan fingerprint density at radius 2 is 2.11 bits per heavy atom. The van der Waals surface area contributed by atoms with E-state index < -0.39 is 0 Å². The maximum atomic E-state index is 12.6. The summed E-state index contributed by atoms with van der Waals surface area (Å²) in [7, 11) is 1.61. The van der Waals surface area contributed by atoms with E-state index in [4.69, 9.17) is 9.47 Å². The topological polar surface area (TPSA) is 105 Å². The molecule has 0 saturated heterocycles. The summed E-state index contributed by atoms with van der Waals surface area (Å²) in [5, 5.41) is 13.2. The Morgan fingerprint density at radius 1 is 1.23 bits per heavy atom. The number of nitrogens with one attached hydrogen (secondary N) is 1. The minimum absolute atomic E-state index is 0.159. The number of anilines is 1. The highest BCUT2D eigenvalue weighted by Crippen LogP contribution is 2.37. The molecule has 1 N–H and O–H groups in total. The molecule has 9 heteroatoms. The van der Waals surface area contributed by atoms with Gasteiger partial charge in [0.25, 0.3) is 0 Å². The van der Waals surface area contributed by atoms with Crippen LogP contribution in [0.5, 0.6) is 5.75 Å². The van der Waals surface area contributed by atoms with Crippen LogP contribution < -0.4 is 10.1 Å². The summed E-state index contributed by atoms with van der Waals surface area (Å²) in [6.45, 7) is 1.07. The molecule has 4 rings (SSSR count). The Balaban J connectivity index is 1.33. The lowest BCUT2D eigenvalue weighted by molar-refractivity contribution is -0.116. The Bertz CT molecular complexity index is 1240. The lowest BCUT2D eigenvalue weighted by Gasteiger charge is -2.26. The van der Waals surface area contributed by atoms with E-state index in [0.717, 1.165) is 27.4 Å². The third-order valence-electron chi connectivity index (χ3n) is 5.76. The van der Waals surface area contributed by atoms with Gasteiger partial charge in [0, 0.05) is 36.2 Å². The van der Waals surface area contributed by atoms with E-state index >= 15 is 0 Å². The molecule has 8 nitrogen and oxygen atoms in total. The molecule has 180 valence electrons. The molecule has 1 aliphatic rings. The first-order valence-corrected chi connectivity index (χ1v) is 12.2. The van der Waals surface area contributed by atoms with Crippen molar-refractivity contribution >= 4 is 28.3 Å². The Labute approximate surface area is 208 Å². The number of hydrogen-bond donors (Lipinski definition) is 1. The first kappa shape index (κ1) is 24.2. The van der Waals surface area contributed by atoms with E-state index in [9.17, 15) is 14.9 Å². The third kappa shape index (κ3) is 6.16. The summed E-state index contributed by atoms with van der Waals surface area (Å²) in [6.07, 6.45) is 3.27. The number of nitriles is 1. The number of methoxy groups -OCH3 is 1. The van der Waals surface area contributed by atoms with Crippen LogP contribution in [0, 0.1) is 11.3 Å². The minimum atomic E-state index is -0.387. The van der Waals surface area contributed by atoms with Crippen LogP contribution in [0.2, 0.25) is 0 Å². The van der Waals surface area contributed by atoms with Crippen LogP contribution in [0.15, 0.2) is 48.7 Å². The predicted molar refractivity (Wildman–Crippen MR) is 132 cm³/mol. The van der Waals surface area contributed by atoms with Crippen molar-refractivity contribution in [1.82, 2.24) is 9.88 Å². The van der Waals surface area contributed by atoms with Crippen LogP contribution in [-0.4, -0.2) is 42.1 Å². The average Bonchev–Trinajstić information content (AvgIpc) is 3.24. The summed E-state index contributed by atoms with van der Waals surface area (Å²) in [5.41, 5.74) is 3.26. The van der Waals surface area contributed by atoms with Crippen molar-refractivity contribution in [2.75, 3.05) is 25.6 Å². The number of nitrogens with zero attached hydrogens (tertiary/aromatic N) is 3. The third-order valence-corrected chi connectivity index (χ3v) is 6.90. The number of pyridine rings is 1. The zero-order valence-corrected chi connectivity index (χ0v) is 20.3. The molecule has 35 heavy (non-hydrogen) atoms. The first-order chi connectivity index (χ1) is 17.1. The fourth-order valence-electron chi connectivity index (χ4n) is 3.92. The molecule has 0 radical (unpaired) electrons. The predicted octanol–water partition coefficient (Wildman–Crippen LogP) is 4.33. The van der Waals surface area contributed by atoms with Gasteiger partial charge in [0.05, 0.1) is 25.8 Å². The zero-order valence-electron chi connectivity index (χ0n) is 19.5. The van der Waals surface area contributed by atoms with Crippen molar-refractivity contribution in [3.63, 3.8) is 0 Å². The number of fused-ring (bicyclic) bond motifs is 1. The number of hydrogen-bond acceptors (Lipinski definition) is 7. The molecule has 2 aromatic heterocycles. The highest BCUT2D eigenvalue weighted by Gasteiger charge is 2.28. The summed E-state index contributed by atoms with van der Waals surface area (Å²) < 4.78 is 10.7. The van der Waals surface area contributed by atoms with Crippen molar-refractivity contribution in [3.05, 3.63) is 75.9 Å². The average molecular weight is 491 g/mol. The Morgan fingerprint density at radius 3 is 2.89 bits per heavy atom. The molecule has 0 unspecified atom stereocenters. The zero-order chi connectivity index (χ0) is 24.6. The number of ether oxygens (including phenoxy) is 2. The van der Waals surface area contributed by atoms with Crippen LogP contribution in [0.4, 0.5) is 9.80 Å². The summed E-state index contributed by atoms with van der Waals surface area (Å²) in [4.78, 5) is 31.9. The fraction of sp³-hybridized carbons (Fsp3) is 0.308. The second-order valence-corrected chi connectivity index (χ2v) is 9.18. The molecular weight excluding hydrogens is 464 g/mol. The van der Waals surface area contributed by atoms with Crippen molar-refractivity contribution < 1.29 is 19.1 Å². The van der Waals surface area contributed by atoms with Crippen molar-refractivity contribution in [2.45, 2.75) is 32.2 Å². The van der Waals surface area contributed by atoms with Gasteiger partial charge in [0.2, 0.25) is 5.91 Å². The maximum Gasteiger partial charge on any atom is 0.410 e. The lowest BCUT2D eigenvalue weighted by Crippen LogP contribution is -2.36. The van der Waals surface area contributed by atoms with Crippen molar-refractivity contribution in [1.29, 1.82) is 5.26 Å². The SMILES string of the molecule is COc1cccc(CCC(=O)Nc2sc3c(c2C#N)CCN(C(=O)OCCc2ccccn2)C3)c1. The molecule has 1 aromatic carbocycles. The molecule has 3 heterocycles. The van der Waals surface area contributed by atoms with Gasteiger partial charge in [0.15, 0.2) is 0 Å². The fourth-order valence-corrected chi connectivity index (χ4v) is 5.15. The highest BCUT2D eigenvalue weighted by atomic mass is 32.1. The number of benzene rings is 1. The summed E-state index contributed by atoms with van der Waals surface area (Å²) >= 11 is 1.35. The normalized spacial score (nSPS) is 12.4. The molecule has 0 bridgehead atoms. The monoisotopic (exact) mass is 490 g/mol. The van der Waals surface area contributed by atoms with Gasteiger partial charge in [-0.2, -0.15) is 5.26 Å². The number of amides is 2. The quantitative estimate of drug-likeness (QED) is 0.504. The molecule has 1 aliphatic heterocycles. The van der Waals surface area contributed by atoms with E-state index in [0.29, 0.717) is 42.9 Å². The van der Waals surface area contributed by atoms with Gasteiger partial charge >= 0.3 is 6.09 Å². The van der Waals surface area contributed by atoms with Crippen LogP contribution in [-0.2, 0) is 35.3 Å². The maximum absolute atomic E-state index is 12.6. The highest BCUT2D eigenvalue weighted by molar-refractivity contribution is 7.16. The largest absolute Gasteiger partial charge is 0.497 e. The lowest BCUT2D eigenvalue weighted by atomic mass is 10.0. The van der Waals surface area contributed by atoms with E-state index in [1.54, 1.807) is 18.2 Å². The van der Waals surface area contributed by atoms with Crippen molar-refractivity contribution in [2.24, 2.45) is 0 Å². The second kappa shape index (κ2) is 11.5. The van der Waals surface area contributed by atoms with E-state index in [-0.39, 0.29) is 25.0 Å². The van der Waals surface area contributed by atoms with Gasteiger partial charge in [-0.3, -0.25) is 9.78 Å². The molecular formula is C26H26N4O4S. The van der Waals surface area contributed by atoms with Crippen LogP contribution in [0.1, 0.15) is 33.7 Å².